The van der Waals surface area contributed by atoms with Crippen LogP contribution >= 0.6 is 15.9 Å². The molecule has 0 bridgehead atoms. The van der Waals surface area contributed by atoms with Crippen LogP contribution in [0, 0.1) is 5.92 Å². The van der Waals surface area contributed by atoms with E-state index in [1.165, 1.54) is 6.26 Å². The summed E-state index contributed by atoms with van der Waals surface area (Å²) in [5, 5.41) is 0. The third-order valence-electron chi connectivity index (χ3n) is 4.19. The first kappa shape index (κ1) is 14.1. The molecule has 3 heterocycles. The van der Waals surface area contributed by atoms with Gasteiger partial charge < -0.3 is 14.1 Å². The Kier molecular flexibility index (Phi) is 4.14. The predicted octanol–water partition coefficient (Wildman–Crippen LogP) is 1.83. The Labute approximate surface area is 127 Å². The predicted molar refractivity (Wildman–Crippen MR) is 77.7 cm³/mol. The van der Waals surface area contributed by atoms with Crippen molar-refractivity contribution in [3.8, 4) is 0 Å². The maximum atomic E-state index is 12.4. The summed E-state index contributed by atoms with van der Waals surface area (Å²) in [6.45, 7) is 7.35. The second-order valence-corrected chi connectivity index (χ2v) is 6.32. The highest BCUT2D eigenvalue weighted by Gasteiger charge is 2.37. The first-order valence-corrected chi connectivity index (χ1v) is 7.79. The molecule has 20 heavy (non-hydrogen) atoms. The van der Waals surface area contributed by atoms with E-state index < -0.39 is 0 Å². The second-order valence-electron chi connectivity index (χ2n) is 5.54. The summed E-state index contributed by atoms with van der Waals surface area (Å²) in [4.78, 5) is 16.8. The van der Waals surface area contributed by atoms with E-state index in [1.807, 2.05) is 4.90 Å². The number of likely N-dealkylation sites (tertiary alicyclic amines) is 1. The molecule has 0 radical (unpaired) electrons. The summed E-state index contributed by atoms with van der Waals surface area (Å²) in [5.41, 5.74) is 0.617. The van der Waals surface area contributed by atoms with Gasteiger partial charge >= 0.3 is 0 Å². The Bertz CT molecular complexity index is 485. The Morgan fingerprint density at radius 2 is 2.10 bits per heavy atom. The molecular weight excluding hydrogens is 324 g/mol. The molecule has 110 valence electrons. The van der Waals surface area contributed by atoms with Gasteiger partial charge in [-0.2, -0.15) is 0 Å². The Morgan fingerprint density at radius 1 is 1.35 bits per heavy atom. The van der Waals surface area contributed by atoms with Crippen molar-refractivity contribution < 1.29 is 13.9 Å². The van der Waals surface area contributed by atoms with Crippen LogP contribution in [0.15, 0.2) is 21.4 Å². The fraction of sp³-hybridized carbons (Fsp3) is 0.643. The number of halogens is 1. The van der Waals surface area contributed by atoms with Crippen LogP contribution in [0.1, 0.15) is 17.3 Å². The lowest BCUT2D eigenvalue weighted by molar-refractivity contribution is 0.0119. The average molecular weight is 343 g/mol. The van der Waals surface area contributed by atoms with Crippen LogP contribution in [0.4, 0.5) is 0 Å². The molecule has 2 saturated heterocycles. The highest BCUT2D eigenvalue weighted by molar-refractivity contribution is 9.10. The standard InChI is InChI=1S/C14H19BrN2O3/c1-10-7-17(14(18)11-6-13(15)20-9-11)8-12(10)16-2-4-19-5-3-16/h6,9-10,12H,2-5,7-8H2,1H3. The van der Waals surface area contributed by atoms with Crippen LogP contribution < -0.4 is 0 Å². The SMILES string of the molecule is CC1CN(C(=O)c2coc(Br)c2)CC1N1CCOCC1. The number of furan rings is 1. The van der Waals surface area contributed by atoms with Crippen LogP contribution in [0.2, 0.25) is 0 Å². The van der Waals surface area contributed by atoms with Gasteiger partial charge in [0, 0.05) is 38.3 Å². The van der Waals surface area contributed by atoms with Gasteiger partial charge in [0.15, 0.2) is 4.67 Å². The van der Waals surface area contributed by atoms with Gasteiger partial charge in [-0.05, 0) is 21.8 Å². The highest BCUT2D eigenvalue weighted by Crippen LogP contribution is 2.25. The molecule has 0 aromatic carbocycles. The van der Waals surface area contributed by atoms with Crippen LogP contribution in [0.25, 0.3) is 0 Å². The van der Waals surface area contributed by atoms with Gasteiger partial charge in [-0.3, -0.25) is 9.69 Å². The molecule has 2 unspecified atom stereocenters. The number of amides is 1. The van der Waals surface area contributed by atoms with E-state index in [-0.39, 0.29) is 5.91 Å². The minimum Gasteiger partial charge on any atom is -0.457 e. The normalized spacial score (nSPS) is 28.0. The molecule has 0 spiro atoms. The molecule has 2 fully saturated rings. The summed E-state index contributed by atoms with van der Waals surface area (Å²) < 4.78 is 11.2. The first-order valence-electron chi connectivity index (χ1n) is 7.00. The molecule has 1 amide bonds. The third-order valence-corrected chi connectivity index (χ3v) is 4.60. The van der Waals surface area contributed by atoms with Gasteiger partial charge in [0.2, 0.25) is 0 Å². The van der Waals surface area contributed by atoms with E-state index in [0.29, 0.717) is 22.2 Å². The summed E-state index contributed by atoms with van der Waals surface area (Å²) in [7, 11) is 0. The summed E-state index contributed by atoms with van der Waals surface area (Å²) in [6, 6.07) is 2.17. The van der Waals surface area contributed by atoms with Gasteiger partial charge in [-0.25, -0.2) is 0 Å². The fourth-order valence-electron chi connectivity index (χ4n) is 3.10. The molecule has 0 aliphatic carbocycles. The largest absolute Gasteiger partial charge is 0.457 e. The monoisotopic (exact) mass is 342 g/mol. The van der Waals surface area contributed by atoms with Crippen molar-refractivity contribution >= 4 is 21.8 Å². The smallest absolute Gasteiger partial charge is 0.257 e. The van der Waals surface area contributed by atoms with E-state index >= 15 is 0 Å². The summed E-state index contributed by atoms with van der Waals surface area (Å²) >= 11 is 3.24. The van der Waals surface area contributed by atoms with E-state index in [1.54, 1.807) is 6.07 Å². The van der Waals surface area contributed by atoms with Gasteiger partial charge in [0.25, 0.3) is 5.91 Å². The molecule has 1 aromatic heterocycles. The summed E-state index contributed by atoms with van der Waals surface area (Å²) in [5.74, 6) is 0.550. The third kappa shape index (κ3) is 2.77. The number of morpholine rings is 1. The lowest BCUT2D eigenvalue weighted by atomic mass is 10.0. The highest BCUT2D eigenvalue weighted by atomic mass is 79.9. The van der Waals surface area contributed by atoms with Crippen molar-refractivity contribution in [3.63, 3.8) is 0 Å². The molecule has 2 aliphatic heterocycles. The Balaban J connectivity index is 1.66. The van der Waals surface area contributed by atoms with Crippen LogP contribution in [-0.2, 0) is 4.74 Å². The maximum absolute atomic E-state index is 12.4. The van der Waals surface area contributed by atoms with Crippen LogP contribution in [-0.4, -0.2) is 61.1 Å². The average Bonchev–Trinajstić information content (AvgIpc) is 3.05. The molecule has 5 nitrogen and oxygen atoms in total. The number of carbonyl (C=O) groups excluding carboxylic acids is 1. The molecular formula is C14H19BrN2O3. The molecule has 1 aromatic rings. The van der Waals surface area contributed by atoms with Crippen molar-refractivity contribution in [1.29, 1.82) is 0 Å². The van der Waals surface area contributed by atoms with Crippen molar-refractivity contribution in [3.05, 3.63) is 22.6 Å². The molecule has 2 aliphatic rings. The molecule has 3 rings (SSSR count). The molecule has 0 saturated carbocycles. The number of carbonyl (C=O) groups is 1. The first-order chi connectivity index (χ1) is 9.65. The van der Waals surface area contributed by atoms with Crippen LogP contribution in [0.5, 0.6) is 0 Å². The molecule has 2 atom stereocenters. The zero-order valence-corrected chi connectivity index (χ0v) is 13.1. The maximum Gasteiger partial charge on any atom is 0.257 e. The van der Waals surface area contributed by atoms with Crippen molar-refractivity contribution in [2.75, 3.05) is 39.4 Å². The number of rotatable bonds is 2. The zero-order valence-electron chi connectivity index (χ0n) is 11.5. The lowest BCUT2D eigenvalue weighted by Crippen LogP contribution is -2.47. The van der Waals surface area contributed by atoms with Crippen molar-refractivity contribution in [2.45, 2.75) is 13.0 Å². The lowest BCUT2D eigenvalue weighted by Gasteiger charge is -2.33. The Hall–Kier alpha value is -0.850. The number of nitrogens with zero attached hydrogens (tertiary/aromatic N) is 2. The van der Waals surface area contributed by atoms with Crippen molar-refractivity contribution in [2.24, 2.45) is 5.92 Å². The quantitative estimate of drug-likeness (QED) is 0.822. The van der Waals surface area contributed by atoms with Gasteiger partial charge in [0.1, 0.15) is 6.26 Å². The van der Waals surface area contributed by atoms with Crippen LogP contribution in [0.3, 0.4) is 0 Å². The van der Waals surface area contributed by atoms with E-state index in [2.05, 4.69) is 27.8 Å². The zero-order chi connectivity index (χ0) is 14.1. The van der Waals surface area contributed by atoms with Gasteiger partial charge in [-0.15, -0.1) is 0 Å². The summed E-state index contributed by atoms with van der Waals surface area (Å²) in [6.07, 6.45) is 1.51. The fourth-order valence-corrected chi connectivity index (χ4v) is 3.44. The topological polar surface area (TPSA) is 45.9 Å². The van der Waals surface area contributed by atoms with E-state index in [4.69, 9.17) is 9.15 Å². The van der Waals surface area contributed by atoms with E-state index in [9.17, 15) is 4.79 Å². The van der Waals surface area contributed by atoms with Gasteiger partial charge in [0.05, 0.1) is 18.8 Å². The van der Waals surface area contributed by atoms with Crippen molar-refractivity contribution in [1.82, 2.24) is 9.80 Å². The number of hydrogen-bond acceptors (Lipinski definition) is 4. The van der Waals surface area contributed by atoms with E-state index in [0.717, 1.165) is 39.4 Å². The van der Waals surface area contributed by atoms with Gasteiger partial charge in [-0.1, -0.05) is 6.92 Å². The second kappa shape index (κ2) is 5.87. The molecule has 0 N–H and O–H groups in total. The number of ether oxygens (including phenoxy) is 1. The minimum absolute atomic E-state index is 0.0575. The number of hydrogen-bond donors (Lipinski definition) is 0. The molecule has 6 heteroatoms. The minimum atomic E-state index is 0.0575. The Morgan fingerprint density at radius 3 is 2.75 bits per heavy atom.